The molecule has 1 aliphatic carbocycles. The number of fused-ring (bicyclic) bond motifs is 1. The number of nitrogens with zero attached hydrogens (tertiary/aromatic N) is 1. The number of nitro groups is 1. The first-order chi connectivity index (χ1) is 15.5. The Bertz CT molecular complexity index is 1170. The van der Waals surface area contributed by atoms with E-state index in [-0.39, 0.29) is 17.6 Å². The second-order valence-electron chi connectivity index (χ2n) is 8.21. The highest BCUT2D eigenvalue weighted by molar-refractivity contribution is 6.24. The summed E-state index contributed by atoms with van der Waals surface area (Å²) in [6, 6.07) is 22.0. The van der Waals surface area contributed by atoms with E-state index in [9.17, 15) is 14.9 Å². The minimum atomic E-state index is -0.433. The van der Waals surface area contributed by atoms with Crippen LogP contribution in [0.2, 0.25) is 0 Å². The Hall–Kier alpha value is -3.73. The number of nitrogens with one attached hydrogen (secondary N) is 1. The minimum absolute atomic E-state index is 0.00556. The summed E-state index contributed by atoms with van der Waals surface area (Å²) in [5, 5.41) is 14.3. The second kappa shape index (κ2) is 9.60. The zero-order valence-electron chi connectivity index (χ0n) is 18.1. The molecule has 1 amide bonds. The van der Waals surface area contributed by atoms with E-state index in [1.165, 1.54) is 36.1 Å². The van der Waals surface area contributed by atoms with Crippen LogP contribution in [-0.2, 0) is 17.6 Å². The Morgan fingerprint density at radius 2 is 1.72 bits per heavy atom. The number of rotatable bonds is 6. The molecule has 0 saturated carbocycles. The molecule has 0 radical (unpaired) electrons. The third-order valence-electron chi connectivity index (χ3n) is 5.94. The fourth-order valence-electron chi connectivity index (χ4n) is 4.17. The van der Waals surface area contributed by atoms with Gasteiger partial charge in [-0.15, -0.1) is 0 Å². The summed E-state index contributed by atoms with van der Waals surface area (Å²) in [7, 11) is 0. The first-order valence-corrected chi connectivity index (χ1v) is 11.0. The van der Waals surface area contributed by atoms with Gasteiger partial charge in [0.15, 0.2) is 0 Å². The highest BCUT2D eigenvalue weighted by Crippen LogP contribution is 2.26. The summed E-state index contributed by atoms with van der Waals surface area (Å²) >= 11 is 0. The van der Waals surface area contributed by atoms with Crippen molar-refractivity contribution >= 4 is 23.2 Å². The number of hydrogen-bond donors (Lipinski definition) is 1. The van der Waals surface area contributed by atoms with Gasteiger partial charge >= 0.3 is 0 Å². The van der Waals surface area contributed by atoms with Crippen LogP contribution in [0.25, 0.3) is 11.6 Å². The van der Waals surface area contributed by atoms with Crippen LogP contribution in [0.15, 0.2) is 72.8 Å². The molecule has 0 heterocycles. The van der Waals surface area contributed by atoms with Crippen molar-refractivity contribution in [2.24, 2.45) is 0 Å². The summed E-state index contributed by atoms with van der Waals surface area (Å²) in [6.45, 7) is 1.98. The molecule has 4 rings (SSSR count). The maximum absolute atomic E-state index is 13.3. The van der Waals surface area contributed by atoms with Crippen molar-refractivity contribution in [1.82, 2.24) is 5.32 Å². The molecule has 0 spiro atoms. The number of amides is 1. The SMILES string of the molecule is C[C@H](NC(=O)/C(=C/c1cccc([N+](=O)[O-])c1)c1ccccc1)c1ccc2c(c1)CCCC2. The van der Waals surface area contributed by atoms with Crippen molar-refractivity contribution < 1.29 is 9.72 Å². The molecule has 1 atom stereocenters. The number of non-ortho nitro benzene ring substituents is 1. The number of aryl methyl sites for hydroxylation is 2. The average Bonchev–Trinajstić information content (AvgIpc) is 2.82. The van der Waals surface area contributed by atoms with Crippen LogP contribution in [0.3, 0.4) is 0 Å². The fraction of sp³-hybridized carbons (Fsp3) is 0.222. The van der Waals surface area contributed by atoms with Crippen LogP contribution < -0.4 is 5.32 Å². The molecule has 0 unspecified atom stereocenters. The molecule has 0 aliphatic heterocycles. The van der Waals surface area contributed by atoms with Crippen LogP contribution in [0, 0.1) is 10.1 Å². The molecule has 1 aliphatic rings. The van der Waals surface area contributed by atoms with Gasteiger partial charge in [0.05, 0.1) is 11.0 Å². The van der Waals surface area contributed by atoms with Crippen LogP contribution in [-0.4, -0.2) is 10.8 Å². The van der Waals surface area contributed by atoms with Crippen molar-refractivity contribution in [3.63, 3.8) is 0 Å². The van der Waals surface area contributed by atoms with E-state index in [1.807, 2.05) is 37.3 Å². The van der Waals surface area contributed by atoms with Gasteiger partial charge in [0, 0.05) is 17.7 Å². The molecular weight excluding hydrogens is 400 g/mol. The van der Waals surface area contributed by atoms with Gasteiger partial charge in [-0.2, -0.15) is 0 Å². The van der Waals surface area contributed by atoms with E-state index in [0.29, 0.717) is 11.1 Å². The highest BCUT2D eigenvalue weighted by atomic mass is 16.6. The normalized spacial score (nSPS) is 14.3. The summed E-state index contributed by atoms with van der Waals surface area (Å²) in [4.78, 5) is 24.0. The Labute approximate surface area is 187 Å². The van der Waals surface area contributed by atoms with Crippen LogP contribution >= 0.6 is 0 Å². The zero-order chi connectivity index (χ0) is 22.5. The number of hydrogen-bond acceptors (Lipinski definition) is 3. The van der Waals surface area contributed by atoms with Crippen molar-refractivity contribution in [2.45, 2.75) is 38.6 Å². The summed E-state index contributed by atoms with van der Waals surface area (Å²) in [6.07, 6.45) is 6.37. The molecule has 0 fully saturated rings. The first-order valence-electron chi connectivity index (χ1n) is 11.0. The van der Waals surface area contributed by atoms with Crippen LogP contribution in [0.1, 0.15) is 53.6 Å². The molecule has 3 aromatic rings. The van der Waals surface area contributed by atoms with Gasteiger partial charge in [0.25, 0.3) is 11.6 Å². The van der Waals surface area contributed by atoms with Gasteiger partial charge in [-0.1, -0.05) is 60.7 Å². The molecule has 1 N–H and O–H groups in total. The number of nitro benzene ring substituents is 1. The van der Waals surface area contributed by atoms with E-state index in [2.05, 4.69) is 23.5 Å². The third-order valence-corrected chi connectivity index (χ3v) is 5.94. The average molecular weight is 427 g/mol. The van der Waals surface area contributed by atoms with Gasteiger partial charge in [-0.05, 0) is 66.5 Å². The topological polar surface area (TPSA) is 72.2 Å². The lowest BCUT2D eigenvalue weighted by atomic mass is 9.89. The molecule has 5 heteroatoms. The summed E-state index contributed by atoms with van der Waals surface area (Å²) in [5.41, 5.74) is 5.70. The van der Waals surface area contributed by atoms with Crippen molar-refractivity contribution in [1.29, 1.82) is 0 Å². The van der Waals surface area contributed by atoms with Gasteiger partial charge < -0.3 is 5.32 Å². The molecule has 0 bridgehead atoms. The van der Waals surface area contributed by atoms with E-state index in [4.69, 9.17) is 0 Å². The third kappa shape index (κ3) is 4.94. The fourth-order valence-corrected chi connectivity index (χ4v) is 4.17. The molecule has 0 saturated heterocycles. The van der Waals surface area contributed by atoms with Gasteiger partial charge in [-0.25, -0.2) is 0 Å². The Balaban J connectivity index is 1.62. The Kier molecular flexibility index (Phi) is 6.45. The highest BCUT2D eigenvalue weighted by Gasteiger charge is 2.18. The van der Waals surface area contributed by atoms with Crippen molar-refractivity contribution in [3.8, 4) is 0 Å². The standard InChI is InChI=1S/C27H26N2O3/c1-19(23-15-14-21-9-5-6-12-24(21)18-23)28-27(30)26(22-10-3-2-4-11-22)17-20-8-7-13-25(16-20)29(31)32/h2-4,7-8,10-11,13-19H,5-6,9,12H2,1H3,(H,28,30)/b26-17+/t19-/m0/s1. The van der Waals surface area contributed by atoms with Crippen LogP contribution in [0.5, 0.6) is 0 Å². The number of carbonyl (C=O) groups excluding carboxylic acids is 1. The molecule has 0 aromatic heterocycles. The molecule has 5 nitrogen and oxygen atoms in total. The summed E-state index contributed by atoms with van der Waals surface area (Å²) in [5.74, 6) is -0.215. The predicted octanol–water partition coefficient (Wildman–Crippen LogP) is 5.89. The maximum Gasteiger partial charge on any atom is 0.270 e. The smallest absolute Gasteiger partial charge is 0.270 e. The number of carbonyl (C=O) groups is 1. The van der Waals surface area contributed by atoms with E-state index in [1.54, 1.807) is 18.2 Å². The summed E-state index contributed by atoms with van der Waals surface area (Å²) < 4.78 is 0. The van der Waals surface area contributed by atoms with Gasteiger partial charge in [0.2, 0.25) is 0 Å². The molecular formula is C27H26N2O3. The lowest BCUT2D eigenvalue weighted by Crippen LogP contribution is -2.27. The molecule has 32 heavy (non-hydrogen) atoms. The molecule has 162 valence electrons. The van der Waals surface area contributed by atoms with Crippen molar-refractivity contribution in [3.05, 3.63) is 111 Å². The quantitative estimate of drug-likeness (QED) is 0.231. The lowest BCUT2D eigenvalue weighted by Gasteiger charge is -2.20. The van der Waals surface area contributed by atoms with Crippen molar-refractivity contribution in [2.75, 3.05) is 0 Å². The van der Waals surface area contributed by atoms with Gasteiger partial charge in [0.1, 0.15) is 0 Å². The monoisotopic (exact) mass is 426 g/mol. The Morgan fingerprint density at radius 1 is 0.969 bits per heavy atom. The minimum Gasteiger partial charge on any atom is -0.345 e. The van der Waals surface area contributed by atoms with Gasteiger partial charge in [-0.3, -0.25) is 14.9 Å². The van der Waals surface area contributed by atoms with E-state index >= 15 is 0 Å². The first kappa shape index (κ1) is 21.5. The second-order valence-corrected chi connectivity index (χ2v) is 8.21. The molecule has 3 aromatic carbocycles. The van der Waals surface area contributed by atoms with E-state index in [0.717, 1.165) is 24.0 Å². The zero-order valence-corrected chi connectivity index (χ0v) is 18.1. The van der Waals surface area contributed by atoms with Crippen LogP contribution in [0.4, 0.5) is 5.69 Å². The lowest BCUT2D eigenvalue weighted by molar-refractivity contribution is -0.384. The predicted molar refractivity (Wildman–Crippen MR) is 127 cm³/mol. The Morgan fingerprint density at radius 3 is 2.47 bits per heavy atom. The largest absolute Gasteiger partial charge is 0.345 e. The van der Waals surface area contributed by atoms with E-state index < -0.39 is 4.92 Å². The number of benzene rings is 3. The maximum atomic E-state index is 13.3.